The highest BCUT2D eigenvalue weighted by atomic mass is 19.4. The number of nitrogens with two attached hydrogens (primary N) is 1. The average molecular weight is 264 g/mol. The molecule has 0 atom stereocenters. The van der Waals surface area contributed by atoms with E-state index < -0.39 is 18.2 Å². The van der Waals surface area contributed by atoms with Crippen molar-refractivity contribution in [1.29, 1.82) is 0 Å². The molecule has 1 aromatic rings. The van der Waals surface area contributed by atoms with E-state index in [2.05, 4.69) is 14.5 Å². The zero-order valence-corrected chi connectivity index (χ0v) is 9.67. The molecule has 0 radical (unpaired) electrons. The Kier molecular flexibility index (Phi) is 4.12. The van der Waals surface area contributed by atoms with E-state index in [1.54, 1.807) is 0 Å². The summed E-state index contributed by atoms with van der Waals surface area (Å²) in [7, 11) is 1.12. The van der Waals surface area contributed by atoms with Gasteiger partial charge in [-0.15, -0.1) is 13.2 Å². The van der Waals surface area contributed by atoms with Crippen LogP contribution in [0.3, 0.4) is 0 Å². The summed E-state index contributed by atoms with van der Waals surface area (Å²) < 4.78 is 44.7. The first-order valence-corrected chi connectivity index (χ1v) is 4.83. The van der Waals surface area contributed by atoms with E-state index in [9.17, 15) is 18.0 Å². The third kappa shape index (κ3) is 3.33. The molecule has 1 rings (SSSR count). The van der Waals surface area contributed by atoms with Crippen LogP contribution in [0.4, 0.5) is 13.2 Å². The Morgan fingerprint density at radius 1 is 1.50 bits per heavy atom. The number of alkyl halides is 3. The predicted octanol–water partition coefficient (Wildman–Crippen LogP) is 1.53. The molecule has 0 aromatic carbocycles. The molecule has 1 heterocycles. The molecule has 0 aliphatic carbocycles. The predicted molar refractivity (Wildman–Crippen MR) is 54.9 cm³/mol. The van der Waals surface area contributed by atoms with Crippen LogP contribution >= 0.6 is 0 Å². The molecular formula is C10H11F3N2O3. The van der Waals surface area contributed by atoms with Gasteiger partial charge in [0.25, 0.3) is 0 Å². The molecule has 0 unspecified atom stereocenters. The van der Waals surface area contributed by atoms with Crippen molar-refractivity contribution in [3.8, 4) is 5.88 Å². The topological polar surface area (TPSA) is 74.4 Å². The minimum Gasteiger partial charge on any atom is -0.465 e. The van der Waals surface area contributed by atoms with Gasteiger partial charge >= 0.3 is 12.3 Å². The first-order valence-electron chi connectivity index (χ1n) is 4.83. The fourth-order valence-corrected chi connectivity index (χ4v) is 1.27. The molecule has 0 spiro atoms. The SMILES string of the molecule is COC(=O)c1cc(CN)nc(OC(F)(F)F)c1C. The van der Waals surface area contributed by atoms with Crippen LogP contribution in [0.1, 0.15) is 21.6 Å². The Bertz CT molecular complexity index is 460. The van der Waals surface area contributed by atoms with Crippen molar-refractivity contribution in [1.82, 2.24) is 4.98 Å². The lowest BCUT2D eigenvalue weighted by Crippen LogP contribution is -2.20. The average Bonchev–Trinajstić information content (AvgIpc) is 2.29. The van der Waals surface area contributed by atoms with Crippen LogP contribution in [0, 0.1) is 6.92 Å². The zero-order valence-electron chi connectivity index (χ0n) is 9.67. The second-order valence-corrected chi connectivity index (χ2v) is 3.33. The van der Waals surface area contributed by atoms with Gasteiger partial charge in [-0.05, 0) is 13.0 Å². The number of pyridine rings is 1. The zero-order chi connectivity index (χ0) is 13.9. The Hall–Kier alpha value is -1.83. The lowest BCUT2D eigenvalue weighted by atomic mass is 10.1. The highest BCUT2D eigenvalue weighted by molar-refractivity contribution is 5.91. The maximum Gasteiger partial charge on any atom is 0.574 e. The largest absolute Gasteiger partial charge is 0.574 e. The summed E-state index contributed by atoms with van der Waals surface area (Å²) >= 11 is 0. The highest BCUT2D eigenvalue weighted by Crippen LogP contribution is 2.27. The number of carbonyl (C=O) groups is 1. The summed E-state index contributed by atoms with van der Waals surface area (Å²) in [6, 6.07) is 1.27. The van der Waals surface area contributed by atoms with Crippen LogP contribution in [-0.2, 0) is 11.3 Å². The summed E-state index contributed by atoms with van der Waals surface area (Å²) in [6.45, 7) is 1.15. The van der Waals surface area contributed by atoms with Gasteiger partial charge < -0.3 is 15.2 Å². The van der Waals surface area contributed by atoms with Gasteiger partial charge in [0.05, 0.1) is 18.4 Å². The number of aromatic nitrogens is 1. The number of hydrogen-bond donors (Lipinski definition) is 1. The normalized spacial score (nSPS) is 11.2. The lowest BCUT2D eigenvalue weighted by Gasteiger charge is -2.13. The summed E-state index contributed by atoms with van der Waals surface area (Å²) in [6.07, 6.45) is -4.89. The van der Waals surface area contributed by atoms with E-state index in [1.165, 1.54) is 13.0 Å². The first-order chi connectivity index (χ1) is 8.28. The third-order valence-electron chi connectivity index (χ3n) is 2.11. The minimum absolute atomic E-state index is 0.0589. The van der Waals surface area contributed by atoms with Gasteiger partial charge in [0.15, 0.2) is 0 Å². The number of halogens is 3. The Morgan fingerprint density at radius 2 is 2.11 bits per heavy atom. The van der Waals surface area contributed by atoms with Crippen molar-refractivity contribution < 1.29 is 27.4 Å². The monoisotopic (exact) mass is 264 g/mol. The number of carbonyl (C=O) groups excluding carboxylic acids is 1. The van der Waals surface area contributed by atoms with Gasteiger partial charge in [-0.2, -0.15) is 0 Å². The fourth-order valence-electron chi connectivity index (χ4n) is 1.27. The van der Waals surface area contributed by atoms with E-state index in [4.69, 9.17) is 5.73 Å². The van der Waals surface area contributed by atoms with Gasteiger partial charge in [0.1, 0.15) is 0 Å². The summed E-state index contributed by atoms with van der Waals surface area (Å²) in [4.78, 5) is 15.0. The minimum atomic E-state index is -4.89. The number of rotatable bonds is 3. The van der Waals surface area contributed by atoms with E-state index in [1.807, 2.05) is 0 Å². The molecule has 18 heavy (non-hydrogen) atoms. The number of ether oxygens (including phenoxy) is 2. The van der Waals surface area contributed by atoms with Crippen LogP contribution in [-0.4, -0.2) is 24.4 Å². The summed E-state index contributed by atoms with van der Waals surface area (Å²) in [5.74, 6) is -1.48. The molecule has 0 saturated carbocycles. The third-order valence-corrected chi connectivity index (χ3v) is 2.11. The van der Waals surface area contributed by atoms with E-state index in [0.29, 0.717) is 0 Å². The molecular weight excluding hydrogens is 253 g/mol. The molecule has 0 saturated heterocycles. The second-order valence-electron chi connectivity index (χ2n) is 3.33. The highest BCUT2D eigenvalue weighted by Gasteiger charge is 2.33. The molecule has 0 aliphatic heterocycles. The Balaban J connectivity index is 3.29. The van der Waals surface area contributed by atoms with E-state index >= 15 is 0 Å². The van der Waals surface area contributed by atoms with Gasteiger partial charge in [-0.3, -0.25) is 0 Å². The number of esters is 1. The molecule has 5 nitrogen and oxygen atoms in total. The summed E-state index contributed by atoms with van der Waals surface area (Å²) in [5.41, 5.74) is 5.27. The molecule has 100 valence electrons. The van der Waals surface area contributed by atoms with Crippen LogP contribution in [0.25, 0.3) is 0 Å². The van der Waals surface area contributed by atoms with Crippen molar-refractivity contribution in [2.75, 3.05) is 7.11 Å². The molecule has 2 N–H and O–H groups in total. The number of nitrogens with zero attached hydrogens (tertiary/aromatic N) is 1. The molecule has 1 aromatic heterocycles. The Morgan fingerprint density at radius 3 is 2.56 bits per heavy atom. The molecule has 0 amide bonds. The molecule has 8 heteroatoms. The lowest BCUT2D eigenvalue weighted by molar-refractivity contribution is -0.276. The van der Waals surface area contributed by atoms with Gasteiger partial charge in [-0.25, -0.2) is 9.78 Å². The quantitative estimate of drug-likeness (QED) is 0.838. The summed E-state index contributed by atoms with van der Waals surface area (Å²) in [5, 5.41) is 0. The van der Waals surface area contributed by atoms with Crippen LogP contribution in [0.2, 0.25) is 0 Å². The van der Waals surface area contributed by atoms with Crippen molar-refractivity contribution >= 4 is 5.97 Å². The standard InChI is InChI=1S/C10H11F3N2O3/c1-5-7(9(16)17-2)3-6(4-14)15-8(5)18-10(11,12)13/h3H,4,14H2,1-2H3. The van der Waals surface area contributed by atoms with Crippen LogP contribution < -0.4 is 10.5 Å². The molecule has 0 aliphatic rings. The molecule has 0 bridgehead atoms. The number of methoxy groups -OCH3 is 1. The molecule has 0 fully saturated rings. The fraction of sp³-hybridized carbons (Fsp3) is 0.400. The smallest absolute Gasteiger partial charge is 0.465 e. The van der Waals surface area contributed by atoms with Gasteiger partial charge in [0.2, 0.25) is 5.88 Å². The van der Waals surface area contributed by atoms with E-state index in [0.717, 1.165) is 7.11 Å². The maximum absolute atomic E-state index is 12.2. The van der Waals surface area contributed by atoms with Crippen molar-refractivity contribution in [3.63, 3.8) is 0 Å². The van der Waals surface area contributed by atoms with Crippen molar-refractivity contribution in [2.45, 2.75) is 19.8 Å². The maximum atomic E-state index is 12.2. The first kappa shape index (κ1) is 14.2. The van der Waals surface area contributed by atoms with Crippen LogP contribution in [0.15, 0.2) is 6.07 Å². The number of hydrogen-bond acceptors (Lipinski definition) is 5. The van der Waals surface area contributed by atoms with E-state index in [-0.39, 0.29) is 23.4 Å². The van der Waals surface area contributed by atoms with Crippen molar-refractivity contribution in [3.05, 3.63) is 22.9 Å². The van der Waals surface area contributed by atoms with Gasteiger partial charge in [-0.1, -0.05) is 0 Å². The second kappa shape index (κ2) is 5.21. The van der Waals surface area contributed by atoms with Crippen LogP contribution in [0.5, 0.6) is 5.88 Å². The van der Waals surface area contributed by atoms with Gasteiger partial charge in [0, 0.05) is 12.1 Å². The van der Waals surface area contributed by atoms with Crippen molar-refractivity contribution in [2.24, 2.45) is 5.73 Å². The Labute approximate surface area is 101 Å².